The van der Waals surface area contributed by atoms with Crippen LogP contribution in [-0.4, -0.2) is 29.5 Å². The molecule has 0 aliphatic heterocycles. The number of nitro groups is 1. The van der Waals surface area contributed by atoms with Gasteiger partial charge < -0.3 is 0 Å². The molecule has 0 N–H and O–H groups in total. The minimum atomic E-state index is -0.450. The molecule has 0 aliphatic carbocycles. The Hall–Kier alpha value is -3.79. The predicted molar refractivity (Wildman–Crippen MR) is 112 cm³/mol. The third kappa shape index (κ3) is 4.13. The number of hydrogen-bond donors (Lipinski definition) is 0. The summed E-state index contributed by atoms with van der Waals surface area (Å²) in [5, 5.41) is 19.6. The summed E-state index contributed by atoms with van der Waals surface area (Å²) in [6, 6.07) is 17.1. The van der Waals surface area contributed by atoms with Crippen molar-refractivity contribution in [2.75, 3.05) is 0 Å². The Morgan fingerprint density at radius 2 is 1.83 bits per heavy atom. The van der Waals surface area contributed by atoms with Crippen LogP contribution < -0.4 is 5.56 Å². The summed E-state index contributed by atoms with van der Waals surface area (Å²) >= 11 is 1.38. The molecule has 30 heavy (non-hydrogen) atoms. The molecule has 10 heteroatoms. The van der Waals surface area contributed by atoms with Crippen molar-refractivity contribution in [2.24, 2.45) is 7.05 Å². The summed E-state index contributed by atoms with van der Waals surface area (Å²) < 4.78 is 3.05. The van der Waals surface area contributed by atoms with Crippen LogP contribution in [0.3, 0.4) is 0 Å². The molecule has 0 fully saturated rings. The number of benzene rings is 2. The molecule has 0 amide bonds. The van der Waals surface area contributed by atoms with Crippen LogP contribution >= 0.6 is 11.8 Å². The Morgan fingerprint density at radius 3 is 2.53 bits per heavy atom. The van der Waals surface area contributed by atoms with Crippen LogP contribution in [0.5, 0.6) is 0 Å². The van der Waals surface area contributed by atoms with Crippen LogP contribution in [0, 0.1) is 10.1 Å². The van der Waals surface area contributed by atoms with Crippen LogP contribution in [0.1, 0.15) is 5.69 Å². The van der Waals surface area contributed by atoms with E-state index in [1.54, 1.807) is 30.1 Å². The van der Waals surface area contributed by atoms with Gasteiger partial charge in [0.15, 0.2) is 5.16 Å². The van der Waals surface area contributed by atoms with Crippen LogP contribution in [-0.2, 0) is 12.8 Å². The summed E-state index contributed by atoms with van der Waals surface area (Å²) in [5.41, 5.74) is 2.73. The number of nitro benzene ring substituents is 1. The second kappa shape index (κ2) is 8.29. The van der Waals surface area contributed by atoms with Gasteiger partial charge in [0, 0.05) is 36.6 Å². The zero-order valence-electron chi connectivity index (χ0n) is 15.9. The Balaban J connectivity index is 1.52. The molecule has 2 aromatic heterocycles. The van der Waals surface area contributed by atoms with E-state index >= 15 is 0 Å². The molecule has 4 rings (SSSR count). The lowest BCUT2D eigenvalue weighted by Crippen LogP contribution is -2.19. The smallest absolute Gasteiger partial charge is 0.269 e. The van der Waals surface area contributed by atoms with Gasteiger partial charge in [-0.05, 0) is 12.1 Å². The quantitative estimate of drug-likeness (QED) is 0.204. The summed E-state index contributed by atoms with van der Waals surface area (Å²) in [6.07, 6.45) is 1.74. The maximum Gasteiger partial charge on any atom is 0.269 e. The highest BCUT2D eigenvalue weighted by molar-refractivity contribution is 7.98. The van der Waals surface area contributed by atoms with E-state index in [-0.39, 0.29) is 11.2 Å². The van der Waals surface area contributed by atoms with Crippen molar-refractivity contribution in [2.45, 2.75) is 10.9 Å². The molecule has 4 aromatic rings. The average molecular weight is 420 g/mol. The Kier molecular flexibility index (Phi) is 5.40. The van der Waals surface area contributed by atoms with Crippen LogP contribution in [0.15, 0.2) is 76.8 Å². The normalized spacial score (nSPS) is 10.8. The van der Waals surface area contributed by atoms with Gasteiger partial charge in [-0.15, -0.1) is 5.10 Å². The van der Waals surface area contributed by atoms with E-state index in [2.05, 4.69) is 15.3 Å². The fourth-order valence-corrected chi connectivity index (χ4v) is 3.62. The highest BCUT2D eigenvalue weighted by Crippen LogP contribution is 2.23. The van der Waals surface area contributed by atoms with Crippen LogP contribution in [0.4, 0.5) is 5.69 Å². The summed E-state index contributed by atoms with van der Waals surface area (Å²) in [4.78, 5) is 27.3. The molecular weight excluding hydrogens is 404 g/mol. The average Bonchev–Trinajstić information content (AvgIpc) is 3.24. The maximum absolute atomic E-state index is 12.3. The highest BCUT2D eigenvalue weighted by atomic mass is 32.2. The second-order valence-electron chi connectivity index (χ2n) is 6.40. The molecule has 0 unspecified atom stereocenters. The lowest BCUT2D eigenvalue weighted by Gasteiger charge is -2.08. The van der Waals surface area contributed by atoms with Crippen LogP contribution in [0.2, 0.25) is 0 Å². The van der Waals surface area contributed by atoms with Crippen molar-refractivity contribution in [1.29, 1.82) is 0 Å². The topological polar surface area (TPSA) is 109 Å². The first-order valence-corrected chi connectivity index (χ1v) is 9.92. The standard InChI is InChI=1S/C20H16N6O3S/c1-24-19(27)11-18(14-5-3-2-4-6-14)21-20(24)30-13-15-12-25(23-22-15)16-7-9-17(10-8-16)26(28)29/h2-12H,13H2,1H3. The summed E-state index contributed by atoms with van der Waals surface area (Å²) in [7, 11) is 1.68. The van der Waals surface area contributed by atoms with E-state index in [1.807, 2.05) is 30.3 Å². The number of hydrogen-bond acceptors (Lipinski definition) is 7. The minimum absolute atomic E-state index is 0.0138. The van der Waals surface area contributed by atoms with Gasteiger partial charge in [-0.25, -0.2) is 9.67 Å². The van der Waals surface area contributed by atoms with Gasteiger partial charge in [-0.2, -0.15) is 0 Å². The van der Waals surface area contributed by atoms with Crippen molar-refractivity contribution in [1.82, 2.24) is 24.5 Å². The summed E-state index contributed by atoms with van der Waals surface area (Å²) in [6.45, 7) is 0. The monoisotopic (exact) mass is 420 g/mol. The van der Waals surface area contributed by atoms with E-state index < -0.39 is 4.92 Å². The lowest BCUT2D eigenvalue weighted by atomic mass is 10.1. The number of aromatic nitrogens is 5. The third-order valence-electron chi connectivity index (χ3n) is 4.38. The zero-order valence-corrected chi connectivity index (χ0v) is 16.7. The van der Waals surface area contributed by atoms with E-state index in [9.17, 15) is 14.9 Å². The van der Waals surface area contributed by atoms with Crippen molar-refractivity contribution in [3.05, 3.63) is 93.0 Å². The number of nitrogens with zero attached hydrogens (tertiary/aromatic N) is 6. The van der Waals surface area contributed by atoms with E-state index in [1.165, 1.54) is 34.5 Å². The summed E-state index contributed by atoms with van der Waals surface area (Å²) in [5.74, 6) is 0.464. The first-order valence-electron chi connectivity index (χ1n) is 8.93. The number of rotatable bonds is 6. The molecule has 0 saturated heterocycles. The lowest BCUT2D eigenvalue weighted by molar-refractivity contribution is -0.384. The van der Waals surface area contributed by atoms with Crippen molar-refractivity contribution in [3.63, 3.8) is 0 Å². The van der Waals surface area contributed by atoms with Crippen molar-refractivity contribution < 1.29 is 4.92 Å². The van der Waals surface area contributed by atoms with E-state index in [0.29, 0.717) is 28.0 Å². The molecule has 0 saturated carbocycles. The molecule has 0 atom stereocenters. The Labute approximate surface area is 175 Å². The number of non-ortho nitro benzene ring substituents is 1. The van der Waals surface area contributed by atoms with Crippen molar-refractivity contribution in [3.8, 4) is 16.9 Å². The molecule has 2 aromatic carbocycles. The SMILES string of the molecule is Cn1c(SCc2cn(-c3ccc([N+](=O)[O-])cc3)nn2)nc(-c2ccccc2)cc1=O. The second-order valence-corrected chi connectivity index (χ2v) is 7.35. The fraction of sp³-hybridized carbons (Fsp3) is 0.100. The molecule has 2 heterocycles. The fourth-order valence-electron chi connectivity index (χ4n) is 2.76. The first kappa shape index (κ1) is 19.5. The maximum atomic E-state index is 12.3. The first-order chi connectivity index (χ1) is 14.5. The molecule has 0 bridgehead atoms. The van der Waals surface area contributed by atoms with Crippen LogP contribution in [0.25, 0.3) is 16.9 Å². The van der Waals surface area contributed by atoms with Gasteiger partial charge in [0.05, 0.1) is 28.2 Å². The van der Waals surface area contributed by atoms with Crippen molar-refractivity contribution >= 4 is 17.4 Å². The van der Waals surface area contributed by atoms with Gasteiger partial charge in [0.2, 0.25) is 0 Å². The van der Waals surface area contributed by atoms with Gasteiger partial charge in [0.1, 0.15) is 0 Å². The number of thioether (sulfide) groups is 1. The van der Waals surface area contributed by atoms with Gasteiger partial charge in [-0.1, -0.05) is 47.3 Å². The van der Waals surface area contributed by atoms with Gasteiger partial charge >= 0.3 is 0 Å². The zero-order chi connectivity index (χ0) is 21.1. The minimum Gasteiger partial charge on any atom is -0.291 e. The predicted octanol–water partition coefficient (Wildman–Crippen LogP) is 3.23. The molecule has 0 radical (unpaired) electrons. The molecule has 0 aliphatic rings. The van der Waals surface area contributed by atoms with Gasteiger partial charge in [-0.3, -0.25) is 19.5 Å². The Morgan fingerprint density at radius 1 is 1.10 bits per heavy atom. The van der Waals surface area contributed by atoms with E-state index in [0.717, 1.165) is 5.56 Å². The Bertz CT molecular complexity index is 1250. The third-order valence-corrected chi connectivity index (χ3v) is 5.44. The van der Waals surface area contributed by atoms with E-state index in [4.69, 9.17) is 0 Å². The molecule has 9 nitrogen and oxygen atoms in total. The van der Waals surface area contributed by atoms with Gasteiger partial charge in [0.25, 0.3) is 11.2 Å². The largest absolute Gasteiger partial charge is 0.291 e. The molecular formula is C20H16N6O3S. The molecule has 0 spiro atoms. The highest BCUT2D eigenvalue weighted by Gasteiger charge is 2.11. The molecule has 150 valence electrons.